The van der Waals surface area contributed by atoms with Crippen molar-refractivity contribution in [2.45, 2.75) is 38.0 Å². The molecule has 0 radical (unpaired) electrons. The van der Waals surface area contributed by atoms with Gasteiger partial charge in [0.05, 0.1) is 12.6 Å². The summed E-state index contributed by atoms with van der Waals surface area (Å²) in [6.45, 7) is 1.39. The van der Waals surface area contributed by atoms with E-state index in [1.54, 1.807) is 0 Å². The zero-order valence-electron chi connectivity index (χ0n) is 10.1. The third-order valence-corrected chi connectivity index (χ3v) is 4.07. The van der Waals surface area contributed by atoms with Gasteiger partial charge in [0.25, 0.3) is 0 Å². The number of nitrogens with zero attached hydrogens (tertiary/aromatic N) is 1. The largest absolute Gasteiger partial charge is 0.371 e. The first kappa shape index (κ1) is 12.0. The van der Waals surface area contributed by atoms with Crippen LogP contribution in [-0.4, -0.2) is 29.6 Å². The molecule has 1 amide bonds. The van der Waals surface area contributed by atoms with Crippen LogP contribution >= 0.6 is 11.6 Å². The van der Waals surface area contributed by atoms with Gasteiger partial charge in [-0.25, -0.2) is 0 Å². The zero-order chi connectivity index (χ0) is 12.5. The van der Waals surface area contributed by atoms with E-state index >= 15 is 0 Å². The van der Waals surface area contributed by atoms with Gasteiger partial charge in [-0.1, -0.05) is 29.8 Å². The number of epoxide rings is 1. The van der Waals surface area contributed by atoms with Crippen LogP contribution < -0.4 is 0 Å². The Hall–Kier alpha value is -1.06. The number of benzene rings is 1. The van der Waals surface area contributed by atoms with Crippen molar-refractivity contribution in [1.29, 1.82) is 0 Å². The fourth-order valence-corrected chi connectivity index (χ4v) is 2.82. The Balaban J connectivity index is 1.79. The van der Waals surface area contributed by atoms with Crippen LogP contribution in [-0.2, 0) is 16.1 Å². The molecule has 0 saturated carbocycles. The normalized spacial score (nSPS) is 27.4. The minimum Gasteiger partial charge on any atom is -0.371 e. The lowest BCUT2D eigenvalue weighted by molar-refractivity contribution is -0.137. The predicted molar refractivity (Wildman–Crippen MR) is 69.4 cm³/mol. The van der Waals surface area contributed by atoms with Gasteiger partial charge >= 0.3 is 0 Å². The molecule has 4 heteroatoms. The number of rotatable bonds is 3. The first-order chi connectivity index (χ1) is 8.75. The smallest absolute Gasteiger partial charge is 0.223 e. The van der Waals surface area contributed by atoms with Crippen molar-refractivity contribution in [2.24, 2.45) is 0 Å². The molecule has 96 valence electrons. The Labute approximate surface area is 112 Å². The van der Waals surface area contributed by atoms with Gasteiger partial charge in [0.2, 0.25) is 5.91 Å². The Morgan fingerprint density at radius 2 is 2.17 bits per heavy atom. The van der Waals surface area contributed by atoms with Gasteiger partial charge in [0.15, 0.2) is 0 Å². The summed E-state index contributed by atoms with van der Waals surface area (Å²) in [4.78, 5) is 14.0. The molecule has 2 aliphatic heterocycles. The molecule has 2 unspecified atom stereocenters. The lowest BCUT2D eigenvalue weighted by Gasteiger charge is -2.35. The molecule has 0 N–H and O–H groups in total. The SMILES string of the molecule is O=C1CCCC(C2CO2)N1Cc1ccccc1Cl. The lowest BCUT2D eigenvalue weighted by Crippen LogP contribution is -2.46. The minimum absolute atomic E-state index is 0.224. The second-order valence-corrected chi connectivity index (χ2v) is 5.35. The van der Waals surface area contributed by atoms with Crippen molar-refractivity contribution in [3.05, 3.63) is 34.9 Å². The van der Waals surface area contributed by atoms with E-state index in [9.17, 15) is 4.79 Å². The van der Waals surface area contributed by atoms with E-state index in [4.69, 9.17) is 16.3 Å². The first-order valence-electron chi connectivity index (χ1n) is 6.40. The van der Waals surface area contributed by atoms with Gasteiger partial charge in [-0.3, -0.25) is 4.79 Å². The van der Waals surface area contributed by atoms with Crippen LogP contribution in [0.5, 0.6) is 0 Å². The first-order valence-corrected chi connectivity index (χ1v) is 6.78. The molecule has 2 aliphatic rings. The molecule has 2 saturated heterocycles. The fourth-order valence-electron chi connectivity index (χ4n) is 2.63. The maximum atomic E-state index is 12.1. The van der Waals surface area contributed by atoms with Gasteiger partial charge in [0.1, 0.15) is 6.10 Å². The van der Waals surface area contributed by atoms with Crippen molar-refractivity contribution in [3.63, 3.8) is 0 Å². The highest BCUT2D eigenvalue weighted by Gasteiger charge is 2.40. The van der Waals surface area contributed by atoms with Crippen LogP contribution in [0.1, 0.15) is 24.8 Å². The summed E-state index contributed by atoms with van der Waals surface area (Å²) in [7, 11) is 0. The number of halogens is 1. The summed E-state index contributed by atoms with van der Waals surface area (Å²) < 4.78 is 5.37. The van der Waals surface area contributed by atoms with Gasteiger partial charge in [0, 0.05) is 18.0 Å². The Morgan fingerprint density at radius 3 is 2.89 bits per heavy atom. The Morgan fingerprint density at radius 1 is 1.39 bits per heavy atom. The molecule has 0 bridgehead atoms. The maximum absolute atomic E-state index is 12.1. The molecule has 2 atom stereocenters. The highest BCUT2D eigenvalue weighted by molar-refractivity contribution is 6.31. The monoisotopic (exact) mass is 265 g/mol. The summed E-state index contributed by atoms with van der Waals surface area (Å²) in [5, 5.41) is 0.728. The van der Waals surface area contributed by atoms with Crippen molar-refractivity contribution in [2.75, 3.05) is 6.61 Å². The number of ether oxygens (including phenoxy) is 1. The van der Waals surface area contributed by atoms with Gasteiger partial charge < -0.3 is 9.64 Å². The second-order valence-electron chi connectivity index (χ2n) is 4.94. The fraction of sp³-hybridized carbons (Fsp3) is 0.500. The average Bonchev–Trinajstić information content (AvgIpc) is 3.18. The van der Waals surface area contributed by atoms with Gasteiger partial charge in [-0.2, -0.15) is 0 Å². The standard InChI is InChI=1S/C14H16ClNO2/c15-11-5-2-1-4-10(11)8-16-12(13-9-18-13)6-3-7-14(16)17/h1-2,4-5,12-13H,3,6-9H2. The van der Waals surface area contributed by atoms with Crippen LogP contribution in [0.15, 0.2) is 24.3 Å². The van der Waals surface area contributed by atoms with E-state index < -0.39 is 0 Å². The number of hydrogen-bond donors (Lipinski definition) is 0. The molecule has 0 spiro atoms. The Bertz CT molecular complexity index is 459. The average molecular weight is 266 g/mol. The van der Waals surface area contributed by atoms with E-state index in [1.165, 1.54) is 0 Å². The van der Waals surface area contributed by atoms with E-state index in [0.29, 0.717) is 13.0 Å². The number of carbonyl (C=O) groups is 1. The van der Waals surface area contributed by atoms with Gasteiger partial charge in [-0.15, -0.1) is 0 Å². The zero-order valence-corrected chi connectivity index (χ0v) is 10.9. The minimum atomic E-state index is 0.224. The molecule has 0 aliphatic carbocycles. The summed E-state index contributed by atoms with van der Waals surface area (Å²) in [5.74, 6) is 0.224. The Kier molecular flexibility index (Phi) is 3.27. The summed E-state index contributed by atoms with van der Waals surface area (Å²) in [6, 6.07) is 7.95. The van der Waals surface area contributed by atoms with Crippen LogP contribution in [0.25, 0.3) is 0 Å². The van der Waals surface area contributed by atoms with Gasteiger partial charge in [-0.05, 0) is 24.5 Å². The third kappa shape index (κ3) is 2.38. The number of likely N-dealkylation sites (tertiary alicyclic amines) is 1. The highest BCUT2D eigenvalue weighted by atomic mass is 35.5. The number of piperidine rings is 1. The van der Waals surface area contributed by atoms with E-state index in [1.807, 2.05) is 29.2 Å². The number of carbonyl (C=O) groups excluding carboxylic acids is 1. The van der Waals surface area contributed by atoms with Crippen LogP contribution in [0.3, 0.4) is 0 Å². The molecule has 2 fully saturated rings. The van der Waals surface area contributed by atoms with Crippen LogP contribution in [0.2, 0.25) is 5.02 Å². The predicted octanol–water partition coefficient (Wildman–Crippen LogP) is 2.62. The van der Waals surface area contributed by atoms with Crippen molar-refractivity contribution in [3.8, 4) is 0 Å². The molecule has 0 aromatic heterocycles. The summed E-state index contributed by atoms with van der Waals surface area (Å²) >= 11 is 6.16. The molecule has 1 aromatic rings. The van der Waals surface area contributed by atoms with E-state index in [2.05, 4.69) is 0 Å². The number of amides is 1. The third-order valence-electron chi connectivity index (χ3n) is 3.70. The summed E-state index contributed by atoms with van der Waals surface area (Å²) in [5.41, 5.74) is 1.01. The van der Waals surface area contributed by atoms with Crippen molar-refractivity contribution in [1.82, 2.24) is 4.90 Å². The topological polar surface area (TPSA) is 32.8 Å². The van der Waals surface area contributed by atoms with Crippen LogP contribution in [0.4, 0.5) is 0 Å². The second kappa shape index (κ2) is 4.90. The molecule has 3 rings (SSSR count). The van der Waals surface area contributed by atoms with Crippen molar-refractivity contribution < 1.29 is 9.53 Å². The lowest BCUT2D eigenvalue weighted by atomic mass is 9.98. The highest BCUT2D eigenvalue weighted by Crippen LogP contribution is 2.30. The molecule has 18 heavy (non-hydrogen) atoms. The quantitative estimate of drug-likeness (QED) is 0.787. The molecule has 1 aromatic carbocycles. The van der Waals surface area contributed by atoms with E-state index in [0.717, 1.165) is 30.0 Å². The maximum Gasteiger partial charge on any atom is 0.223 e. The molecule has 2 heterocycles. The number of hydrogen-bond acceptors (Lipinski definition) is 2. The van der Waals surface area contributed by atoms with Crippen molar-refractivity contribution >= 4 is 17.5 Å². The van der Waals surface area contributed by atoms with E-state index in [-0.39, 0.29) is 18.1 Å². The molecular weight excluding hydrogens is 250 g/mol. The molecular formula is C14H16ClNO2. The molecule has 3 nitrogen and oxygen atoms in total. The summed E-state index contributed by atoms with van der Waals surface area (Å²) in [6.07, 6.45) is 2.91. The van der Waals surface area contributed by atoms with Crippen LogP contribution in [0, 0.1) is 0 Å².